The van der Waals surface area contributed by atoms with Crippen LogP contribution in [0, 0.1) is 0 Å². The number of phenols is 2. The number of nitrogens with one attached hydrogen (secondary N) is 1. The Morgan fingerprint density at radius 3 is 2.42 bits per heavy atom. The standard InChI is InChI=1S/C14H13NO3S/c1-19-13-4-2-3-10(7-13)15-14(18)9-5-11(16)8-12(17)6-9/h2-8,16-17H,1H3,(H,15,18). The summed E-state index contributed by atoms with van der Waals surface area (Å²) in [5, 5.41) is 21.4. The molecule has 5 heteroatoms. The summed E-state index contributed by atoms with van der Waals surface area (Å²) in [6.07, 6.45) is 1.95. The first-order valence-corrected chi connectivity index (χ1v) is 6.79. The predicted octanol–water partition coefficient (Wildman–Crippen LogP) is 3.07. The monoisotopic (exact) mass is 275 g/mol. The van der Waals surface area contributed by atoms with E-state index in [0.29, 0.717) is 5.69 Å². The molecule has 0 bridgehead atoms. The van der Waals surface area contributed by atoms with Crippen molar-refractivity contribution < 1.29 is 15.0 Å². The molecule has 0 atom stereocenters. The van der Waals surface area contributed by atoms with Gasteiger partial charge >= 0.3 is 0 Å². The van der Waals surface area contributed by atoms with Gasteiger partial charge in [0.05, 0.1) is 0 Å². The topological polar surface area (TPSA) is 69.6 Å². The normalized spacial score (nSPS) is 10.2. The van der Waals surface area contributed by atoms with E-state index in [1.807, 2.05) is 24.5 Å². The molecule has 0 radical (unpaired) electrons. The van der Waals surface area contributed by atoms with Crippen LogP contribution in [0.5, 0.6) is 11.5 Å². The first-order chi connectivity index (χ1) is 9.08. The molecule has 19 heavy (non-hydrogen) atoms. The molecule has 0 aliphatic heterocycles. The summed E-state index contributed by atoms with van der Waals surface area (Å²) < 4.78 is 0. The fraction of sp³-hybridized carbons (Fsp3) is 0.0714. The maximum atomic E-state index is 12.0. The molecular weight excluding hydrogens is 262 g/mol. The van der Waals surface area contributed by atoms with Crippen molar-refractivity contribution in [3.05, 3.63) is 48.0 Å². The Balaban J connectivity index is 2.20. The zero-order valence-electron chi connectivity index (χ0n) is 10.3. The Kier molecular flexibility index (Phi) is 3.97. The SMILES string of the molecule is CSc1cccc(NC(=O)c2cc(O)cc(O)c2)c1. The molecule has 0 unspecified atom stereocenters. The molecule has 0 saturated carbocycles. The maximum Gasteiger partial charge on any atom is 0.255 e. The first kappa shape index (κ1) is 13.3. The lowest BCUT2D eigenvalue weighted by Crippen LogP contribution is -2.11. The van der Waals surface area contributed by atoms with Gasteiger partial charge < -0.3 is 15.5 Å². The van der Waals surface area contributed by atoms with Crippen LogP contribution in [0.25, 0.3) is 0 Å². The number of rotatable bonds is 3. The minimum Gasteiger partial charge on any atom is -0.508 e. The quantitative estimate of drug-likeness (QED) is 0.753. The van der Waals surface area contributed by atoms with Crippen LogP contribution in [-0.4, -0.2) is 22.4 Å². The Hall–Kier alpha value is -2.14. The summed E-state index contributed by atoms with van der Waals surface area (Å²) in [7, 11) is 0. The van der Waals surface area contributed by atoms with E-state index < -0.39 is 0 Å². The lowest BCUT2D eigenvalue weighted by atomic mass is 10.2. The van der Waals surface area contributed by atoms with Crippen LogP contribution >= 0.6 is 11.8 Å². The number of carbonyl (C=O) groups is 1. The van der Waals surface area contributed by atoms with Gasteiger partial charge in [0.25, 0.3) is 5.91 Å². The molecule has 0 aromatic heterocycles. The highest BCUT2D eigenvalue weighted by atomic mass is 32.2. The molecule has 0 fully saturated rings. The lowest BCUT2D eigenvalue weighted by Gasteiger charge is -2.07. The van der Waals surface area contributed by atoms with E-state index in [2.05, 4.69) is 5.32 Å². The van der Waals surface area contributed by atoms with Crippen molar-refractivity contribution in [3.8, 4) is 11.5 Å². The van der Waals surface area contributed by atoms with Crippen molar-refractivity contribution in [1.29, 1.82) is 0 Å². The average molecular weight is 275 g/mol. The summed E-state index contributed by atoms with van der Waals surface area (Å²) in [6, 6.07) is 11.2. The molecule has 0 aliphatic rings. The zero-order valence-corrected chi connectivity index (χ0v) is 11.1. The molecule has 3 N–H and O–H groups in total. The lowest BCUT2D eigenvalue weighted by molar-refractivity contribution is 0.102. The van der Waals surface area contributed by atoms with Gasteiger partial charge in [0.2, 0.25) is 0 Å². The van der Waals surface area contributed by atoms with E-state index in [4.69, 9.17) is 0 Å². The number of phenolic OH excluding ortho intramolecular Hbond substituents is 2. The molecule has 0 saturated heterocycles. The summed E-state index contributed by atoms with van der Waals surface area (Å²) in [6.45, 7) is 0. The fourth-order valence-corrected chi connectivity index (χ4v) is 2.09. The number of hydrogen-bond acceptors (Lipinski definition) is 4. The van der Waals surface area contributed by atoms with E-state index in [9.17, 15) is 15.0 Å². The summed E-state index contributed by atoms with van der Waals surface area (Å²) in [5.41, 5.74) is 0.867. The number of anilines is 1. The summed E-state index contributed by atoms with van der Waals surface area (Å²) in [5.74, 6) is -0.685. The zero-order chi connectivity index (χ0) is 13.8. The van der Waals surface area contributed by atoms with Crippen LogP contribution in [0.1, 0.15) is 10.4 Å². The third kappa shape index (κ3) is 3.42. The average Bonchev–Trinajstić information content (AvgIpc) is 2.37. The number of hydrogen-bond donors (Lipinski definition) is 3. The first-order valence-electron chi connectivity index (χ1n) is 5.57. The molecule has 2 aromatic rings. The van der Waals surface area contributed by atoms with Crippen LogP contribution in [0.15, 0.2) is 47.4 Å². The van der Waals surface area contributed by atoms with Gasteiger partial charge in [0.15, 0.2) is 0 Å². The van der Waals surface area contributed by atoms with Gasteiger partial charge in [0.1, 0.15) is 11.5 Å². The highest BCUT2D eigenvalue weighted by Gasteiger charge is 2.09. The summed E-state index contributed by atoms with van der Waals surface area (Å²) in [4.78, 5) is 13.0. The van der Waals surface area contributed by atoms with E-state index in [0.717, 1.165) is 4.90 Å². The number of amides is 1. The Labute approximate surface area is 115 Å². The highest BCUT2D eigenvalue weighted by Crippen LogP contribution is 2.22. The van der Waals surface area contributed by atoms with Crippen LogP contribution in [0.2, 0.25) is 0 Å². The number of thioether (sulfide) groups is 1. The molecule has 2 aromatic carbocycles. The molecule has 2 rings (SSSR count). The molecule has 0 heterocycles. The smallest absolute Gasteiger partial charge is 0.255 e. The molecule has 98 valence electrons. The van der Waals surface area contributed by atoms with E-state index in [1.165, 1.54) is 18.2 Å². The molecule has 0 aliphatic carbocycles. The van der Waals surface area contributed by atoms with Crippen LogP contribution < -0.4 is 5.32 Å². The van der Waals surface area contributed by atoms with Gasteiger partial charge in [-0.2, -0.15) is 0 Å². The van der Waals surface area contributed by atoms with Crippen LogP contribution in [-0.2, 0) is 0 Å². The van der Waals surface area contributed by atoms with Crippen molar-refractivity contribution >= 4 is 23.4 Å². The van der Waals surface area contributed by atoms with E-state index in [1.54, 1.807) is 17.8 Å². The fourth-order valence-electron chi connectivity index (χ4n) is 1.63. The van der Waals surface area contributed by atoms with Crippen LogP contribution in [0.3, 0.4) is 0 Å². The second kappa shape index (κ2) is 5.67. The molecule has 0 spiro atoms. The minimum atomic E-state index is -0.385. The van der Waals surface area contributed by atoms with Gasteiger partial charge in [-0.25, -0.2) is 0 Å². The predicted molar refractivity (Wildman–Crippen MR) is 75.9 cm³/mol. The Morgan fingerprint density at radius 2 is 1.79 bits per heavy atom. The third-order valence-electron chi connectivity index (χ3n) is 2.49. The van der Waals surface area contributed by atoms with Crippen molar-refractivity contribution in [3.63, 3.8) is 0 Å². The third-order valence-corrected chi connectivity index (χ3v) is 3.22. The van der Waals surface area contributed by atoms with Gasteiger partial charge in [-0.1, -0.05) is 6.07 Å². The molecule has 1 amide bonds. The Morgan fingerprint density at radius 1 is 1.11 bits per heavy atom. The molecule has 4 nitrogen and oxygen atoms in total. The number of carbonyl (C=O) groups excluding carboxylic acids is 1. The van der Waals surface area contributed by atoms with Crippen molar-refractivity contribution in [2.75, 3.05) is 11.6 Å². The van der Waals surface area contributed by atoms with Crippen molar-refractivity contribution in [2.24, 2.45) is 0 Å². The number of aromatic hydroxyl groups is 2. The Bertz CT molecular complexity index is 593. The van der Waals surface area contributed by atoms with Gasteiger partial charge in [-0.3, -0.25) is 4.79 Å². The maximum absolute atomic E-state index is 12.0. The van der Waals surface area contributed by atoms with Gasteiger partial charge in [-0.15, -0.1) is 11.8 Å². The van der Waals surface area contributed by atoms with Crippen LogP contribution in [0.4, 0.5) is 5.69 Å². The van der Waals surface area contributed by atoms with Gasteiger partial charge in [0, 0.05) is 22.2 Å². The second-order valence-corrected chi connectivity index (χ2v) is 4.80. The van der Waals surface area contributed by atoms with E-state index >= 15 is 0 Å². The van der Waals surface area contributed by atoms with Crippen molar-refractivity contribution in [1.82, 2.24) is 0 Å². The van der Waals surface area contributed by atoms with Gasteiger partial charge in [-0.05, 0) is 36.6 Å². The summed E-state index contributed by atoms with van der Waals surface area (Å²) >= 11 is 1.58. The second-order valence-electron chi connectivity index (χ2n) is 3.92. The minimum absolute atomic E-state index is 0.150. The number of benzene rings is 2. The molecular formula is C14H13NO3S. The highest BCUT2D eigenvalue weighted by molar-refractivity contribution is 7.98. The van der Waals surface area contributed by atoms with E-state index in [-0.39, 0.29) is 23.0 Å². The van der Waals surface area contributed by atoms with Crippen molar-refractivity contribution in [2.45, 2.75) is 4.90 Å². The largest absolute Gasteiger partial charge is 0.508 e.